The highest BCUT2D eigenvalue weighted by Gasteiger charge is 2.37. The summed E-state index contributed by atoms with van der Waals surface area (Å²) >= 11 is 0. The first-order valence-electron chi connectivity index (χ1n) is 6.77. The lowest BCUT2D eigenvalue weighted by Crippen LogP contribution is -2.34. The summed E-state index contributed by atoms with van der Waals surface area (Å²) in [5, 5.41) is 0. The summed E-state index contributed by atoms with van der Waals surface area (Å²) in [5.74, 6) is 3.15. The van der Waals surface area contributed by atoms with Crippen molar-refractivity contribution in [2.45, 2.75) is 46.5 Å². The summed E-state index contributed by atoms with van der Waals surface area (Å²) in [6.07, 6.45) is 8.52. The molecule has 0 spiro atoms. The molecule has 0 aromatic carbocycles. The topological polar surface area (TPSA) is 17.1 Å². The van der Waals surface area contributed by atoms with E-state index in [0.29, 0.717) is 17.8 Å². The number of rotatable bonds is 2. The third-order valence-corrected chi connectivity index (χ3v) is 4.75. The molecule has 2 rings (SSSR count). The van der Waals surface area contributed by atoms with E-state index in [1.807, 2.05) is 0 Å². The number of allylic oxidation sites excluding steroid dienone is 2. The number of carbonyl (C=O) groups excluding carboxylic acids is 1. The summed E-state index contributed by atoms with van der Waals surface area (Å²) in [6, 6.07) is 0. The fourth-order valence-electron chi connectivity index (χ4n) is 3.69. The van der Waals surface area contributed by atoms with Gasteiger partial charge >= 0.3 is 0 Å². The number of aldehydes is 1. The summed E-state index contributed by atoms with van der Waals surface area (Å²) in [7, 11) is 0. The predicted molar refractivity (Wildman–Crippen MR) is 67.1 cm³/mol. The van der Waals surface area contributed by atoms with E-state index >= 15 is 0 Å². The molecule has 2 aliphatic rings. The fraction of sp³-hybridized carbons (Fsp3) is 0.800. The van der Waals surface area contributed by atoms with Gasteiger partial charge in [0.25, 0.3) is 0 Å². The normalized spacial score (nSPS) is 39.1. The van der Waals surface area contributed by atoms with Crippen molar-refractivity contribution < 1.29 is 4.79 Å². The lowest BCUT2D eigenvalue weighted by atomic mass is 9.62. The molecule has 4 atom stereocenters. The van der Waals surface area contributed by atoms with Crippen LogP contribution in [0.2, 0.25) is 0 Å². The Bertz CT molecular complexity index is 290. The van der Waals surface area contributed by atoms with Gasteiger partial charge in [0.1, 0.15) is 6.29 Å². The second kappa shape index (κ2) is 4.73. The number of fused-ring (bicyclic) bond motifs is 1. The second-order valence-corrected chi connectivity index (χ2v) is 6.09. The first-order valence-corrected chi connectivity index (χ1v) is 6.77. The minimum atomic E-state index is 0.307. The van der Waals surface area contributed by atoms with E-state index in [9.17, 15) is 4.79 Å². The van der Waals surface area contributed by atoms with E-state index in [-0.39, 0.29) is 0 Å². The SMILES string of the molecule is CC(C)[C@@H]1CCC=C2C[C@H](C)[C@@H](C=O)C[C@@H]21. The van der Waals surface area contributed by atoms with Crippen LogP contribution in [-0.2, 0) is 4.79 Å². The summed E-state index contributed by atoms with van der Waals surface area (Å²) in [6.45, 7) is 6.90. The van der Waals surface area contributed by atoms with Gasteiger partial charge < -0.3 is 4.79 Å². The fourth-order valence-corrected chi connectivity index (χ4v) is 3.69. The van der Waals surface area contributed by atoms with E-state index in [2.05, 4.69) is 26.8 Å². The Morgan fingerprint density at radius 1 is 1.44 bits per heavy atom. The average Bonchev–Trinajstić information content (AvgIpc) is 2.26. The molecule has 1 heteroatoms. The van der Waals surface area contributed by atoms with Gasteiger partial charge in [0.05, 0.1) is 0 Å². The number of carbonyl (C=O) groups is 1. The van der Waals surface area contributed by atoms with Crippen LogP contribution in [0.15, 0.2) is 11.6 Å². The Balaban J connectivity index is 2.18. The van der Waals surface area contributed by atoms with Crippen LogP contribution in [0.5, 0.6) is 0 Å². The van der Waals surface area contributed by atoms with Crippen molar-refractivity contribution in [2.75, 3.05) is 0 Å². The van der Waals surface area contributed by atoms with Gasteiger partial charge in [-0.25, -0.2) is 0 Å². The lowest BCUT2D eigenvalue weighted by Gasteiger charge is -2.42. The van der Waals surface area contributed by atoms with E-state index in [1.54, 1.807) is 5.57 Å². The van der Waals surface area contributed by atoms with Crippen LogP contribution in [0, 0.1) is 29.6 Å². The molecule has 0 heterocycles. The maximum atomic E-state index is 11.1. The lowest BCUT2D eigenvalue weighted by molar-refractivity contribution is -0.113. The van der Waals surface area contributed by atoms with E-state index in [0.717, 1.165) is 24.7 Å². The molecule has 1 nitrogen and oxygen atoms in total. The molecule has 0 N–H and O–H groups in total. The predicted octanol–water partition coefficient (Wildman–Crippen LogP) is 3.84. The van der Waals surface area contributed by atoms with Gasteiger partial charge in [-0.05, 0) is 49.4 Å². The first kappa shape index (κ1) is 11.9. The zero-order valence-corrected chi connectivity index (χ0v) is 10.8. The minimum Gasteiger partial charge on any atom is -0.303 e. The van der Waals surface area contributed by atoms with Crippen molar-refractivity contribution in [3.63, 3.8) is 0 Å². The molecule has 0 radical (unpaired) electrons. The molecule has 1 fully saturated rings. The summed E-state index contributed by atoms with van der Waals surface area (Å²) in [4.78, 5) is 11.1. The molecule has 2 aliphatic carbocycles. The third-order valence-electron chi connectivity index (χ3n) is 4.75. The molecule has 0 unspecified atom stereocenters. The van der Waals surface area contributed by atoms with Crippen LogP contribution in [-0.4, -0.2) is 6.29 Å². The van der Waals surface area contributed by atoms with Crippen LogP contribution in [0.4, 0.5) is 0 Å². The van der Waals surface area contributed by atoms with Crippen molar-refractivity contribution in [1.29, 1.82) is 0 Å². The Labute approximate surface area is 99.3 Å². The molecule has 1 saturated carbocycles. The van der Waals surface area contributed by atoms with E-state index in [1.165, 1.54) is 19.1 Å². The molecule has 0 bridgehead atoms. The van der Waals surface area contributed by atoms with Crippen LogP contribution in [0.3, 0.4) is 0 Å². The third kappa shape index (κ3) is 2.09. The van der Waals surface area contributed by atoms with Crippen LogP contribution < -0.4 is 0 Å². The van der Waals surface area contributed by atoms with Gasteiger partial charge in [-0.1, -0.05) is 32.4 Å². The maximum absolute atomic E-state index is 11.1. The zero-order chi connectivity index (χ0) is 11.7. The first-order chi connectivity index (χ1) is 7.63. The Morgan fingerprint density at radius 3 is 2.81 bits per heavy atom. The van der Waals surface area contributed by atoms with Crippen LogP contribution in [0.25, 0.3) is 0 Å². The van der Waals surface area contributed by atoms with Gasteiger partial charge in [-0.3, -0.25) is 0 Å². The Kier molecular flexibility index (Phi) is 3.51. The highest BCUT2D eigenvalue weighted by molar-refractivity contribution is 5.55. The Hall–Kier alpha value is -0.590. The molecule has 16 heavy (non-hydrogen) atoms. The van der Waals surface area contributed by atoms with Crippen molar-refractivity contribution in [3.8, 4) is 0 Å². The highest BCUT2D eigenvalue weighted by atomic mass is 16.1. The largest absolute Gasteiger partial charge is 0.303 e. The van der Waals surface area contributed by atoms with Crippen LogP contribution >= 0.6 is 0 Å². The average molecular weight is 220 g/mol. The number of hydrogen-bond acceptors (Lipinski definition) is 1. The molecular weight excluding hydrogens is 196 g/mol. The molecule has 0 aromatic heterocycles. The van der Waals surface area contributed by atoms with E-state index in [4.69, 9.17) is 0 Å². The molecule has 0 aromatic rings. The van der Waals surface area contributed by atoms with Crippen molar-refractivity contribution in [1.82, 2.24) is 0 Å². The summed E-state index contributed by atoms with van der Waals surface area (Å²) in [5.41, 5.74) is 1.66. The van der Waals surface area contributed by atoms with Crippen molar-refractivity contribution >= 4 is 6.29 Å². The molecule has 90 valence electrons. The smallest absolute Gasteiger partial charge is 0.123 e. The summed E-state index contributed by atoms with van der Waals surface area (Å²) < 4.78 is 0. The number of hydrogen-bond donors (Lipinski definition) is 0. The second-order valence-electron chi connectivity index (χ2n) is 6.09. The highest BCUT2D eigenvalue weighted by Crippen LogP contribution is 2.46. The molecule has 0 saturated heterocycles. The standard InChI is InChI=1S/C15H24O/c1-10(2)14-6-4-5-12-7-11(3)13(9-16)8-15(12)14/h5,9-11,13-15H,4,6-8H2,1-3H3/t11-,13+,14-,15-/m0/s1. The van der Waals surface area contributed by atoms with Crippen LogP contribution in [0.1, 0.15) is 46.5 Å². The van der Waals surface area contributed by atoms with Gasteiger partial charge in [0.2, 0.25) is 0 Å². The van der Waals surface area contributed by atoms with Crippen molar-refractivity contribution in [2.24, 2.45) is 29.6 Å². The minimum absolute atomic E-state index is 0.307. The van der Waals surface area contributed by atoms with Gasteiger partial charge in [-0.2, -0.15) is 0 Å². The molecule has 0 aliphatic heterocycles. The molecular formula is C15H24O. The van der Waals surface area contributed by atoms with Gasteiger partial charge in [0.15, 0.2) is 0 Å². The quantitative estimate of drug-likeness (QED) is 0.510. The Morgan fingerprint density at radius 2 is 2.19 bits per heavy atom. The maximum Gasteiger partial charge on any atom is 0.123 e. The monoisotopic (exact) mass is 220 g/mol. The van der Waals surface area contributed by atoms with Gasteiger partial charge in [0, 0.05) is 5.92 Å². The van der Waals surface area contributed by atoms with Gasteiger partial charge in [-0.15, -0.1) is 0 Å². The molecule has 0 amide bonds. The van der Waals surface area contributed by atoms with E-state index < -0.39 is 0 Å². The van der Waals surface area contributed by atoms with Crippen molar-refractivity contribution in [3.05, 3.63) is 11.6 Å². The zero-order valence-electron chi connectivity index (χ0n) is 10.8.